The topological polar surface area (TPSA) is 118 Å². The van der Waals surface area contributed by atoms with Crippen molar-refractivity contribution in [2.45, 2.75) is 48.3 Å². The highest BCUT2D eigenvalue weighted by Crippen LogP contribution is 2.30. The number of urea groups is 1. The number of rotatable bonds is 8. The summed E-state index contributed by atoms with van der Waals surface area (Å²) in [5.74, 6) is 0.252. The molecule has 0 spiro atoms. The predicted molar refractivity (Wildman–Crippen MR) is 104 cm³/mol. The van der Waals surface area contributed by atoms with Crippen molar-refractivity contribution in [2.75, 3.05) is 17.3 Å². The van der Waals surface area contributed by atoms with Gasteiger partial charge in [0, 0.05) is 5.69 Å². The number of carbonyl (C=O) groups excluding carboxylic acids is 2. The number of carbonyl (C=O) groups is 2. The molecule has 1 aromatic carbocycles. The van der Waals surface area contributed by atoms with E-state index >= 15 is 0 Å². The van der Waals surface area contributed by atoms with Gasteiger partial charge >= 0.3 is 6.03 Å². The summed E-state index contributed by atoms with van der Waals surface area (Å²) < 4.78 is 25.4. The molecule has 1 saturated carbocycles. The van der Waals surface area contributed by atoms with E-state index in [4.69, 9.17) is 5.73 Å². The van der Waals surface area contributed by atoms with Crippen LogP contribution in [0.5, 0.6) is 0 Å². The van der Waals surface area contributed by atoms with Crippen molar-refractivity contribution in [1.82, 2.24) is 5.32 Å². The van der Waals surface area contributed by atoms with Gasteiger partial charge in [-0.05, 0) is 49.5 Å². The lowest BCUT2D eigenvalue weighted by Gasteiger charge is -2.17. The molecule has 1 aromatic rings. The van der Waals surface area contributed by atoms with E-state index in [0.29, 0.717) is 30.7 Å². The zero-order valence-electron chi connectivity index (χ0n) is 14.7. The van der Waals surface area contributed by atoms with Gasteiger partial charge in [0.2, 0.25) is 5.91 Å². The van der Waals surface area contributed by atoms with Crippen LogP contribution >= 0.6 is 11.8 Å². The molecule has 2 rings (SSSR count). The Labute approximate surface area is 158 Å². The van der Waals surface area contributed by atoms with Crippen LogP contribution in [0.2, 0.25) is 0 Å². The number of thioether (sulfide) groups is 1. The van der Waals surface area contributed by atoms with E-state index in [2.05, 4.69) is 10.6 Å². The molecule has 0 bridgehead atoms. The van der Waals surface area contributed by atoms with Crippen LogP contribution in [0.1, 0.15) is 32.1 Å². The average molecular weight is 400 g/mol. The first-order chi connectivity index (χ1) is 12.3. The van der Waals surface area contributed by atoms with Gasteiger partial charge in [0.15, 0.2) is 9.84 Å². The van der Waals surface area contributed by atoms with E-state index in [1.54, 1.807) is 30.0 Å². The number of hydrogen-bond acceptors (Lipinski definition) is 5. The highest BCUT2D eigenvalue weighted by atomic mass is 32.2. The summed E-state index contributed by atoms with van der Waals surface area (Å²) in [5, 5.41) is 4.75. The fraction of sp³-hybridized carbons (Fsp3) is 0.529. The van der Waals surface area contributed by atoms with Crippen LogP contribution in [0, 0.1) is 0 Å². The summed E-state index contributed by atoms with van der Waals surface area (Å²) in [6.45, 7) is 0. The molecular weight excluding hydrogens is 374 g/mol. The molecule has 1 unspecified atom stereocenters. The van der Waals surface area contributed by atoms with Crippen LogP contribution in [0.25, 0.3) is 0 Å². The molecule has 0 radical (unpaired) electrons. The Balaban J connectivity index is 2.13. The molecule has 1 fully saturated rings. The summed E-state index contributed by atoms with van der Waals surface area (Å²) >= 11 is 1.55. The van der Waals surface area contributed by atoms with Crippen molar-refractivity contribution >= 4 is 39.2 Å². The molecule has 3 amide bonds. The molecule has 1 aliphatic rings. The molecule has 1 atom stereocenters. The second-order valence-corrected chi connectivity index (χ2v) is 9.52. The molecule has 0 aromatic heterocycles. The van der Waals surface area contributed by atoms with Gasteiger partial charge in [0.1, 0.15) is 6.04 Å². The third kappa shape index (κ3) is 5.38. The largest absolute Gasteiger partial charge is 0.352 e. The molecular formula is C17H25N3O4S2. The lowest BCUT2D eigenvalue weighted by molar-refractivity contribution is -0.117. The zero-order chi connectivity index (χ0) is 19.2. The van der Waals surface area contributed by atoms with E-state index in [1.165, 1.54) is 6.07 Å². The monoisotopic (exact) mass is 399 g/mol. The Kier molecular flexibility index (Phi) is 7.33. The Morgan fingerprint density at radius 1 is 1.31 bits per heavy atom. The third-order valence-corrected chi connectivity index (χ3v) is 7.32. The number of primary amides is 1. The highest BCUT2D eigenvalue weighted by molar-refractivity contribution is 7.98. The molecule has 0 heterocycles. The van der Waals surface area contributed by atoms with E-state index in [0.717, 1.165) is 12.8 Å². The number of nitrogens with one attached hydrogen (secondary N) is 2. The molecule has 0 saturated heterocycles. The first kappa shape index (κ1) is 20.6. The first-order valence-corrected chi connectivity index (χ1v) is 11.5. The van der Waals surface area contributed by atoms with Gasteiger partial charge in [-0.1, -0.05) is 18.9 Å². The fourth-order valence-corrected chi connectivity index (χ4v) is 5.42. The molecule has 9 heteroatoms. The maximum Gasteiger partial charge on any atom is 0.312 e. The minimum Gasteiger partial charge on any atom is -0.352 e. The number of benzene rings is 1. The Bertz CT molecular complexity index is 746. The second-order valence-electron chi connectivity index (χ2n) is 6.31. The van der Waals surface area contributed by atoms with E-state index in [1.807, 2.05) is 6.26 Å². The number of sulfone groups is 1. The Morgan fingerprint density at radius 2 is 2.00 bits per heavy atom. The van der Waals surface area contributed by atoms with Crippen molar-refractivity contribution in [3.8, 4) is 0 Å². The van der Waals surface area contributed by atoms with Gasteiger partial charge in [0.25, 0.3) is 0 Å². The van der Waals surface area contributed by atoms with Crippen molar-refractivity contribution in [2.24, 2.45) is 5.73 Å². The van der Waals surface area contributed by atoms with Gasteiger partial charge in [-0.25, -0.2) is 13.2 Å². The van der Waals surface area contributed by atoms with Crippen molar-refractivity contribution in [3.05, 3.63) is 24.3 Å². The number of nitrogens with two attached hydrogens (primary N) is 1. The highest BCUT2D eigenvalue weighted by Gasteiger charge is 2.30. The Morgan fingerprint density at radius 3 is 2.62 bits per heavy atom. The van der Waals surface area contributed by atoms with Gasteiger partial charge in [-0.2, -0.15) is 11.8 Å². The molecule has 0 aliphatic heterocycles. The van der Waals surface area contributed by atoms with Crippen LogP contribution in [-0.4, -0.2) is 43.7 Å². The van der Waals surface area contributed by atoms with Crippen LogP contribution in [0.3, 0.4) is 0 Å². The quantitative estimate of drug-likeness (QED) is 0.619. The van der Waals surface area contributed by atoms with E-state index in [9.17, 15) is 18.0 Å². The van der Waals surface area contributed by atoms with Gasteiger partial charge in [-0.3, -0.25) is 4.79 Å². The van der Waals surface area contributed by atoms with Gasteiger partial charge in [-0.15, -0.1) is 0 Å². The molecule has 26 heavy (non-hydrogen) atoms. The summed E-state index contributed by atoms with van der Waals surface area (Å²) in [7, 11) is -3.39. The summed E-state index contributed by atoms with van der Waals surface area (Å²) in [4.78, 5) is 23.8. The maximum atomic E-state index is 12.7. The molecule has 7 nitrogen and oxygen atoms in total. The van der Waals surface area contributed by atoms with Crippen molar-refractivity contribution in [1.29, 1.82) is 0 Å². The SMILES string of the molecule is CSCCC(NC(N)=O)C(=O)Nc1cccc(S(=O)(=O)C2CCCC2)c1. The van der Waals surface area contributed by atoms with Gasteiger partial charge in [0.05, 0.1) is 10.1 Å². The van der Waals surface area contributed by atoms with Crippen LogP contribution in [0.15, 0.2) is 29.2 Å². The van der Waals surface area contributed by atoms with E-state index in [-0.39, 0.29) is 10.1 Å². The summed E-state index contributed by atoms with van der Waals surface area (Å²) in [5.41, 5.74) is 5.51. The molecule has 144 valence electrons. The zero-order valence-corrected chi connectivity index (χ0v) is 16.4. The van der Waals surface area contributed by atoms with Crippen LogP contribution < -0.4 is 16.4 Å². The fourth-order valence-electron chi connectivity index (χ4n) is 3.05. The predicted octanol–water partition coefficient (Wildman–Crippen LogP) is 2.13. The van der Waals surface area contributed by atoms with Crippen molar-refractivity contribution < 1.29 is 18.0 Å². The number of anilines is 1. The molecule has 1 aliphatic carbocycles. The lowest BCUT2D eigenvalue weighted by Crippen LogP contribution is -2.46. The maximum absolute atomic E-state index is 12.7. The average Bonchev–Trinajstić information content (AvgIpc) is 3.14. The Hall–Kier alpha value is -1.74. The summed E-state index contributed by atoms with van der Waals surface area (Å²) in [6, 6.07) is 4.72. The smallest absolute Gasteiger partial charge is 0.312 e. The minimum absolute atomic E-state index is 0.214. The van der Waals surface area contributed by atoms with Gasteiger partial charge < -0.3 is 16.4 Å². The van der Waals surface area contributed by atoms with Crippen LogP contribution in [-0.2, 0) is 14.6 Å². The second kappa shape index (κ2) is 9.27. The number of amides is 3. The summed E-state index contributed by atoms with van der Waals surface area (Å²) in [6.07, 6.45) is 5.54. The first-order valence-electron chi connectivity index (χ1n) is 8.54. The standard InChI is InChI=1S/C17H25N3O4S2/c1-25-10-9-15(20-17(18)22)16(21)19-12-5-4-8-14(11-12)26(23,24)13-6-2-3-7-13/h4-5,8,11,13,15H,2-3,6-7,9-10H2,1H3,(H,19,21)(H3,18,20,22). The third-order valence-electron chi connectivity index (χ3n) is 4.41. The van der Waals surface area contributed by atoms with Crippen LogP contribution in [0.4, 0.5) is 10.5 Å². The minimum atomic E-state index is -3.39. The molecule has 4 N–H and O–H groups in total. The number of hydrogen-bond donors (Lipinski definition) is 3. The van der Waals surface area contributed by atoms with Crippen molar-refractivity contribution in [3.63, 3.8) is 0 Å². The normalized spacial score (nSPS) is 16.2. The lowest BCUT2D eigenvalue weighted by atomic mass is 10.2. The van der Waals surface area contributed by atoms with E-state index < -0.39 is 27.8 Å².